The van der Waals surface area contributed by atoms with Gasteiger partial charge < -0.3 is 4.90 Å². The maximum atomic E-state index is 2.99. The van der Waals surface area contributed by atoms with Crippen molar-refractivity contribution in [3.05, 3.63) is 216 Å². The summed E-state index contributed by atoms with van der Waals surface area (Å²) >= 11 is 1.46. The van der Waals surface area contributed by atoms with Crippen LogP contribution in [-0.2, 0) is 37.3 Å². The summed E-state index contributed by atoms with van der Waals surface area (Å²) < 4.78 is 1.42. The first-order valence-corrected chi connectivity index (χ1v) is 17.3. The summed E-state index contributed by atoms with van der Waals surface area (Å²) in [5.41, 5.74) is 6.57. The molecule has 0 fully saturated rings. The average Bonchev–Trinajstić information content (AvgIpc) is 3.85. The molecule has 7 aromatic rings. The minimum Gasteiger partial charge on any atom is -0.369 e. The minimum atomic E-state index is 0. The fourth-order valence-corrected chi connectivity index (χ4v) is 6.53. The number of benzene rings is 6. The monoisotopic (exact) mass is 753 g/mol. The van der Waals surface area contributed by atoms with E-state index in [2.05, 4.69) is 187 Å². The number of allylic oxidation sites excluding steroid dienone is 4. The van der Waals surface area contributed by atoms with Crippen LogP contribution in [-0.4, -0.2) is 3.21 Å². The molecule has 0 radical (unpaired) electrons. The van der Waals surface area contributed by atoms with E-state index < -0.39 is 0 Å². The molecule has 49 heavy (non-hydrogen) atoms. The van der Waals surface area contributed by atoms with Crippen molar-refractivity contribution in [2.45, 2.75) is 19.5 Å². The second kappa shape index (κ2) is 19.7. The molecule has 0 unspecified atom stereocenters. The van der Waals surface area contributed by atoms with Crippen LogP contribution in [0.25, 0.3) is 21.5 Å². The van der Waals surface area contributed by atoms with E-state index in [0.717, 1.165) is 19.5 Å². The van der Waals surface area contributed by atoms with Gasteiger partial charge in [-0.15, -0.1) is 64.9 Å². The summed E-state index contributed by atoms with van der Waals surface area (Å²) in [6.45, 7) is 1.78. The largest absolute Gasteiger partial charge is 0.369 e. The molecule has 0 N–H and O–H groups in total. The van der Waals surface area contributed by atoms with E-state index in [1.54, 1.807) is 0 Å². The van der Waals surface area contributed by atoms with Gasteiger partial charge in [0.05, 0.1) is 0 Å². The van der Waals surface area contributed by atoms with Gasteiger partial charge in [-0.3, -0.25) is 6.08 Å². The topological polar surface area (TPSA) is 3.24 Å². The normalized spacial score (nSPS) is 11.0. The number of hydrogen-bond acceptors (Lipinski definition) is 1. The Balaban J connectivity index is 0.000000215. The van der Waals surface area contributed by atoms with Crippen LogP contribution < -0.4 is 4.90 Å². The van der Waals surface area contributed by atoms with Crippen molar-refractivity contribution in [2.24, 2.45) is 0 Å². The molecule has 8 rings (SSSR count). The first-order valence-electron chi connectivity index (χ1n) is 16.1. The average molecular weight is 756 g/mol. The fourth-order valence-electron chi connectivity index (χ4n) is 5.71. The molecule has 0 saturated heterocycles. The van der Waals surface area contributed by atoms with E-state index >= 15 is 0 Å². The van der Waals surface area contributed by atoms with Gasteiger partial charge in [0.1, 0.15) is 0 Å². The van der Waals surface area contributed by atoms with Gasteiger partial charge in [-0.1, -0.05) is 97.1 Å². The van der Waals surface area contributed by atoms with E-state index in [1.807, 2.05) is 12.2 Å². The predicted molar refractivity (Wildman–Crippen MR) is 212 cm³/mol. The molecule has 0 bridgehead atoms. The zero-order valence-corrected chi connectivity index (χ0v) is 31.4. The van der Waals surface area contributed by atoms with Crippen LogP contribution in [0.1, 0.15) is 28.7 Å². The number of nitrogens with zero attached hydrogens (tertiary/aromatic N) is 1. The second-order valence-corrected chi connectivity index (χ2v) is 12.7. The van der Waals surface area contributed by atoms with Gasteiger partial charge in [0.15, 0.2) is 0 Å². The van der Waals surface area contributed by atoms with E-state index in [0.29, 0.717) is 0 Å². The first kappa shape index (κ1) is 37.6. The molecule has 1 aliphatic rings. The van der Waals surface area contributed by atoms with E-state index in [-0.39, 0.29) is 24.8 Å². The molecule has 0 amide bonds. The summed E-state index contributed by atoms with van der Waals surface area (Å²) in [4.78, 5) is 2.46. The van der Waals surface area contributed by atoms with Gasteiger partial charge >= 0.3 is 99.2 Å². The molecular weight excluding hydrogens is 717 g/mol. The van der Waals surface area contributed by atoms with Crippen molar-refractivity contribution in [3.63, 3.8) is 0 Å². The Morgan fingerprint density at radius 1 is 0.571 bits per heavy atom. The fraction of sp³-hybridized carbons (Fsp3) is 0.0667. The zero-order chi connectivity index (χ0) is 32.1. The molecule has 0 aliphatic heterocycles. The molecule has 0 heterocycles. The van der Waals surface area contributed by atoms with Crippen molar-refractivity contribution in [1.29, 1.82) is 0 Å². The summed E-state index contributed by atoms with van der Waals surface area (Å²) in [5.74, 6) is 0. The third-order valence-corrected chi connectivity index (χ3v) is 9.52. The van der Waals surface area contributed by atoms with Crippen LogP contribution in [0.3, 0.4) is 0 Å². The molecule has 7 aromatic carbocycles. The molecule has 4 heteroatoms. The first-order chi connectivity index (χ1) is 23.2. The van der Waals surface area contributed by atoms with Crippen LogP contribution in [0.2, 0.25) is 0 Å². The van der Waals surface area contributed by atoms with Gasteiger partial charge in [0.25, 0.3) is 0 Å². The molecule has 0 saturated carbocycles. The van der Waals surface area contributed by atoms with E-state index in [4.69, 9.17) is 0 Å². The van der Waals surface area contributed by atoms with Crippen molar-refractivity contribution in [2.75, 3.05) is 4.90 Å². The Morgan fingerprint density at radius 2 is 1.06 bits per heavy atom. The maximum absolute atomic E-state index is 2.99. The quantitative estimate of drug-likeness (QED) is 0.146. The third kappa shape index (κ3) is 10.6. The number of fused-ring (bicyclic) bond motifs is 3. The summed E-state index contributed by atoms with van der Waals surface area (Å²) in [6.07, 6.45) is 10.0. The number of halogens is 2. The molecule has 0 atom stereocenters. The third-order valence-electron chi connectivity index (χ3n) is 8.11. The molecule has 0 aromatic heterocycles. The number of hydrogen-bond donors (Lipinski definition) is 0. The Morgan fingerprint density at radius 3 is 1.55 bits per heavy atom. The summed E-state index contributed by atoms with van der Waals surface area (Å²) in [7, 11) is 0. The van der Waals surface area contributed by atoms with Crippen LogP contribution >= 0.6 is 24.8 Å². The van der Waals surface area contributed by atoms with Gasteiger partial charge in [-0.05, 0) is 11.1 Å². The van der Waals surface area contributed by atoms with Gasteiger partial charge in [0, 0.05) is 18.8 Å². The van der Waals surface area contributed by atoms with Gasteiger partial charge in [0.2, 0.25) is 0 Å². The molecular formula is C45H39Cl2NZr. The van der Waals surface area contributed by atoms with E-state index in [1.165, 1.54) is 76.9 Å². The van der Waals surface area contributed by atoms with Crippen LogP contribution in [0.15, 0.2) is 188 Å². The maximum Gasteiger partial charge on any atom is 0.0427 e. The standard InChI is InChI=1S/C27H22N.C13H10.C5H5.2ClH.Zr/c1-3-9-21(10-4-1)19-28(20-22-11-5-2-6-12-22)25-15-16-27-24(18-25)17-23-13-7-8-14-26(23)27;1-3-7-12(8-4-1)11-13-9-5-2-6-10-13;1-2-4-5-3-1;;;/h1-18H,19-20H2;1-10H;1-3H,4H2;2*1H;/q-1;;-1;;;+2. The van der Waals surface area contributed by atoms with Gasteiger partial charge in [-0.2, -0.15) is 6.08 Å². The van der Waals surface area contributed by atoms with Crippen molar-refractivity contribution in [3.8, 4) is 0 Å². The smallest absolute Gasteiger partial charge is 0.0427 e. The predicted octanol–water partition coefficient (Wildman–Crippen LogP) is 11.9. The Hall–Kier alpha value is -4.20. The SMILES string of the molecule is Cl.Cl.[C-]1=CC=CC1.[Zr+2]=[C](c1ccccc1)c1ccccc1.c1ccc(CN(Cc2ccccc2)c2ccc3c(c2)[cH-]c2ccccc23)cc1. The Bertz CT molecular complexity index is 1980. The van der Waals surface area contributed by atoms with Crippen LogP contribution in [0.5, 0.6) is 0 Å². The molecule has 242 valence electrons. The molecule has 0 spiro atoms. The minimum absolute atomic E-state index is 0. The van der Waals surface area contributed by atoms with E-state index in [9.17, 15) is 0 Å². The molecule has 1 aliphatic carbocycles. The summed E-state index contributed by atoms with van der Waals surface area (Å²) in [5, 5.41) is 5.29. The van der Waals surface area contributed by atoms with Crippen molar-refractivity contribution in [1.82, 2.24) is 0 Å². The Labute approximate surface area is 318 Å². The second-order valence-electron chi connectivity index (χ2n) is 11.4. The summed E-state index contributed by atoms with van der Waals surface area (Å²) in [6, 6.07) is 60.3. The number of rotatable bonds is 7. The Kier molecular flexibility index (Phi) is 15.1. The van der Waals surface area contributed by atoms with Crippen molar-refractivity contribution < 1.29 is 24.2 Å². The van der Waals surface area contributed by atoms with Crippen molar-refractivity contribution >= 4 is 55.3 Å². The zero-order valence-electron chi connectivity index (χ0n) is 27.3. The van der Waals surface area contributed by atoms with Crippen LogP contribution in [0.4, 0.5) is 5.69 Å². The van der Waals surface area contributed by atoms with Gasteiger partial charge in [-0.25, -0.2) is 12.2 Å². The number of anilines is 1. The molecule has 1 nitrogen and oxygen atoms in total. The van der Waals surface area contributed by atoms with Crippen LogP contribution in [0, 0.1) is 6.08 Å².